The van der Waals surface area contributed by atoms with E-state index in [-0.39, 0.29) is 17.0 Å². The van der Waals surface area contributed by atoms with Crippen molar-refractivity contribution in [3.63, 3.8) is 0 Å². The lowest BCUT2D eigenvalue weighted by molar-refractivity contribution is -0.385. The predicted octanol–water partition coefficient (Wildman–Crippen LogP) is 3.84. The molecule has 0 radical (unpaired) electrons. The molecule has 1 saturated heterocycles. The molecule has 0 saturated carbocycles. The van der Waals surface area contributed by atoms with E-state index in [0.717, 1.165) is 25.2 Å². The van der Waals surface area contributed by atoms with Crippen LogP contribution in [0.15, 0.2) is 42.5 Å². The number of hydrogen-bond donors (Lipinski definition) is 1. The van der Waals surface area contributed by atoms with E-state index in [1.54, 1.807) is 0 Å². The highest BCUT2D eigenvalue weighted by atomic mass is 16.6. The summed E-state index contributed by atoms with van der Waals surface area (Å²) in [7, 11) is 1.36. The highest BCUT2D eigenvalue weighted by Gasteiger charge is 2.18. The molecule has 0 aromatic heterocycles. The number of anilines is 1. The van der Waals surface area contributed by atoms with Crippen LogP contribution in [0.2, 0.25) is 0 Å². The van der Waals surface area contributed by atoms with Gasteiger partial charge in [0.15, 0.2) is 5.75 Å². The minimum Gasteiger partial charge on any atom is -0.490 e. The molecule has 2 aromatic carbocycles. The second-order valence-electron chi connectivity index (χ2n) is 6.64. The van der Waals surface area contributed by atoms with Crippen molar-refractivity contribution in [1.29, 1.82) is 0 Å². The fourth-order valence-corrected chi connectivity index (χ4v) is 3.30. The monoisotopic (exact) mass is 369 g/mol. The van der Waals surface area contributed by atoms with Gasteiger partial charge >= 0.3 is 5.69 Å². The smallest absolute Gasteiger partial charge is 0.311 e. The van der Waals surface area contributed by atoms with E-state index in [1.807, 2.05) is 24.3 Å². The fourth-order valence-electron chi connectivity index (χ4n) is 3.30. The summed E-state index contributed by atoms with van der Waals surface area (Å²) in [5, 5.41) is 14.0. The maximum atomic E-state index is 12.5. The third-order valence-corrected chi connectivity index (χ3v) is 4.68. The largest absolute Gasteiger partial charge is 0.490 e. The van der Waals surface area contributed by atoms with Crippen LogP contribution in [-0.2, 0) is 6.54 Å². The van der Waals surface area contributed by atoms with Gasteiger partial charge in [-0.3, -0.25) is 19.8 Å². The van der Waals surface area contributed by atoms with Crippen LogP contribution in [0, 0.1) is 10.1 Å². The Labute approximate surface area is 158 Å². The number of benzene rings is 2. The van der Waals surface area contributed by atoms with Gasteiger partial charge in [-0.1, -0.05) is 18.6 Å². The number of hydrogen-bond acceptors (Lipinski definition) is 5. The molecule has 142 valence electrons. The quantitative estimate of drug-likeness (QED) is 0.618. The van der Waals surface area contributed by atoms with Crippen LogP contribution in [0.25, 0.3) is 0 Å². The van der Waals surface area contributed by atoms with E-state index in [2.05, 4.69) is 10.2 Å². The number of carbonyl (C=O) groups is 1. The molecule has 7 nitrogen and oxygen atoms in total. The second-order valence-corrected chi connectivity index (χ2v) is 6.64. The first-order chi connectivity index (χ1) is 13.1. The summed E-state index contributed by atoms with van der Waals surface area (Å²) >= 11 is 0. The number of likely N-dealkylation sites (tertiary alicyclic amines) is 1. The molecule has 1 aliphatic heterocycles. The number of amides is 1. The molecule has 1 aliphatic rings. The molecule has 1 N–H and O–H groups in total. The predicted molar refractivity (Wildman–Crippen MR) is 103 cm³/mol. The maximum Gasteiger partial charge on any atom is 0.311 e. The molecule has 2 aromatic rings. The second kappa shape index (κ2) is 8.64. The van der Waals surface area contributed by atoms with Crippen molar-refractivity contribution in [2.75, 3.05) is 25.5 Å². The molecule has 1 fully saturated rings. The van der Waals surface area contributed by atoms with E-state index in [4.69, 9.17) is 4.74 Å². The Morgan fingerprint density at radius 3 is 2.67 bits per heavy atom. The van der Waals surface area contributed by atoms with Gasteiger partial charge in [-0.05, 0) is 55.8 Å². The van der Waals surface area contributed by atoms with Crippen molar-refractivity contribution >= 4 is 17.3 Å². The Balaban J connectivity index is 1.71. The summed E-state index contributed by atoms with van der Waals surface area (Å²) in [5.74, 6) is -0.268. The summed E-state index contributed by atoms with van der Waals surface area (Å²) in [6, 6.07) is 11.9. The first kappa shape index (κ1) is 18.8. The van der Waals surface area contributed by atoms with Crippen molar-refractivity contribution in [3.05, 3.63) is 63.7 Å². The molecule has 7 heteroatoms. The number of carbonyl (C=O) groups excluding carboxylic acids is 1. The van der Waals surface area contributed by atoms with Crippen LogP contribution < -0.4 is 10.1 Å². The van der Waals surface area contributed by atoms with E-state index in [1.165, 1.54) is 44.6 Å². The normalized spacial score (nSPS) is 14.6. The van der Waals surface area contributed by atoms with Crippen LogP contribution in [-0.4, -0.2) is 35.9 Å². The average Bonchev–Trinajstić information content (AvgIpc) is 2.68. The standard InChI is InChI=1S/C20H23N3O4/c1-27-19-9-8-16(13-18(19)23(25)26)20(24)21-17-7-5-6-15(12-17)14-22-10-3-2-4-11-22/h5-9,12-13H,2-4,10-11,14H2,1H3,(H,21,24). The molecule has 27 heavy (non-hydrogen) atoms. The van der Waals surface area contributed by atoms with Gasteiger partial charge in [-0.15, -0.1) is 0 Å². The van der Waals surface area contributed by atoms with E-state index in [0.29, 0.717) is 5.69 Å². The summed E-state index contributed by atoms with van der Waals surface area (Å²) in [6.45, 7) is 3.07. The van der Waals surface area contributed by atoms with E-state index < -0.39 is 10.8 Å². The molecule has 1 amide bonds. The Morgan fingerprint density at radius 1 is 1.19 bits per heavy atom. The van der Waals surface area contributed by atoms with Gasteiger partial charge in [0, 0.05) is 23.9 Å². The van der Waals surface area contributed by atoms with Gasteiger partial charge in [0.25, 0.3) is 5.91 Å². The number of nitro benzene ring substituents is 1. The number of ether oxygens (including phenoxy) is 1. The maximum absolute atomic E-state index is 12.5. The number of nitro groups is 1. The molecule has 0 spiro atoms. The lowest BCUT2D eigenvalue weighted by atomic mass is 10.1. The summed E-state index contributed by atoms with van der Waals surface area (Å²) in [5.41, 5.74) is 1.79. The zero-order chi connectivity index (χ0) is 19.2. The minimum atomic E-state index is -0.561. The van der Waals surface area contributed by atoms with Gasteiger partial charge in [0.05, 0.1) is 12.0 Å². The van der Waals surface area contributed by atoms with Crippen molar-refractivity contribution in [2.45, 2.75) is 25.8 Å². The van der Waals surface area contributed by atoms with Crippen molar-refractivity contribution < 1.29 is 14.5 Å². The molecule has 1 heterocycles. The van der Waals surface area contributed by atoms with Crippen LogP contribution in [0.4, 0.5) is 11.4 Å². The van der Waals surface area contributed by atoms with Gasteiger partial charge in [-0.25, -0.2) is 0 Å². The van der Waals surface area contributed by atoms with Crippen LogP contribution in [0.3, 0.4) is 0 Å². The Hall–Kier alpha value is -2.93. The van der Waals surface area contributed by atoms with Crippen LogP contribution in [0.1, 0.15) is 35.2 Å². The van der Waals surface area contributed by atoms with Crippen LogP contribution in [0.5, 0.6) is 5.75 Å². The highest BCUT2D eigenvalue weighted by Crippen LogP contribution is 2.28. The van der Waals surface area contributed by atoms with Crippen molar-refractivity contribution in [3.8, 4) is 5.75 Å². The Kier molecular flexibility index (Phi) is 6.03. The fraction of sp³-hybridized carbons (Fsp3) is 0.350. The molecule has 0 bridgehead atoms. The van der Waals surface area contributed by atoms with E-state index in [9.17, 15) is 14.9 Å². The highest BCUT2D eigenvalue weighted by molar-refractivity contribution is 6.04. The minimum absolute atomic E-state index is 0.125. The lowest BCUT2D eigenvalue weighted by Crippen LogP contribution is -2.29. The summed E-state index contributed by atoms with van der Waals surface area (Å²) in [6.07, 6.45) is 3.75. The number of rotatable bonds is 6. The zero-order valence-electron chi connectivity index (χ0n) is 15.3. The lowest BCUT2D eigenvalue weighted by Gasteiger charge is -2.26. The number of nitrogens with zero attached hydrogens (tertiary/aromatic N) is 2. The SMILES string of the molecule is COc1ccc(C(=O)Nc2cccc(CN3CCCCC3)c2)cc1[N+](=O)[O-]. The number of nitrogens with one attached hydrogen (secondary N) is 1. The summed E-state index contributed by atoms with van der Waals surface area (Å²) in [4.78, 5) is 25.5. The van der Waals surface area contributed by atoms with Gasteiger partial charge in [0.2, 0.25) is 0 Å². The zero-order valence-corrected chi connectivity index (χ0v) is 15.3. The molecule has 3 rings (SSSR count). The molecule has 0 aliphatic carbocycles. The number of methoxy groups -OCH3 is 1. The third-order valence-electron chi connectivity index (χ3n) is 4.68. The molecule has 0 unspecified atom stereocenters. The Bertz CT molecular complexity index is 832. The molecule has 0 atom stereocenters. The van der Waals surface area contributed by atoms with Crippen LogP contribution >= 0.6 is 0 Å². The van der Waals surface area contributed by atoms with Gasteiger partial charge < -0.3 is 10.1 Å². The van der Waals surface area contributed by atoms with Crippen molar-refractivity contribution in [1.82, 2.24) is 4.90 Å². The average molecular weight is 369 g/mol. The van der Waals surface area contributed by atoms with Crippen molar-refractivity contribution in [2.24, 2.45) is 0 Å². The first-order valence-corrected chi connectivity index (χ1v) is 9.02. The van der Waals surface area contributed by atoms with Gasteiger partial charge in [0.1, 0.15) is 0 Å². The molecular weight excluding hydrogens is 346 g/mol. The van der Waals surface area contributed by atoms with E-state index >= 15 is 0 Å². The number of piperidine rings is 1. The summed E-state index contributed by atoms with van der Waals surface area (Å²) < 4.78 is 4.97. The molecular formula is C20H23N3O4. The first-order valence-electron chi connectivity index (χ1n) is 9.02. The van der Waals surface area contributed by atoms with Gasteiger partial charge in [-0.2, -0.15) is 0 Å². The topological polar surface area (TPSA) is 84.7 Å². The third kappa shape index (κ3) is 4.83. The Morgan fingerprint density at radius 2 is 1.96 bits per heavy atom.